The quantitative estimate of drug-likeness (QED) is 0.322. The molecule has 1 atom stereocenters. The Morgan fingerprint density at radius 2 is 1.81 bits per heavy atom. The van der Waals surface area contributed by atoms with E-state index in [0.717, 1.165) is 24.3 Å². The average molecular weight is 517 g/mol. The summed E-state index contributed by atoms with van der Waals surface area (Å²) in [5.74, 6) is -3.06. The molecule has 3 aromatic rings. The molecule has 4 rings (SSSR count). The van der Waals surface area contributed by atoms with Crippen LogP contribution in [-0.4, -0.2) is 36.5 Å². The largest absolute Gasteiger partial charge is 0.378 e. The number of nitro benzene ring substituents is 1. The molecule has 3 N–H and O–H groups in total. The Morgan fingerprint density at radius 3 is 2.53 bits per heavy atom. The van der Waals surface area contributed by atoms with E-state index in [1.807, 2.05) is 0 Å². The van der Waals surface area contributed by atoms with Crippen LogP contribution in [0.1, 0.15) is 32.3 Å². The van der Waals surface area contributed by atoms with Crippen LogP contribution in [0.25, 0.3) is 0 Å². The van der Waals surface area contributed by atoms with Gasteiger partial charge in [-0.25, -0.2) is 8.78 Å². The summed E-state index contributed by atoms with van der Waals surface area (Å²) in [4.78, 5) is 36.2. The monoisotopic (exact) mass is 516 g/mol. The van der Waals surface area contributed by atoms with Crippen molar-refractivity contribution in [2.45, 2.75) is 6.04 Å². The maximum Gasteiger partial charge on any atom is 0.282 e. The van der Waals surface area contributed by atoms with Crippen LogP contribution in [-0.2, 0) is 4.74 Å². The number of carbonyl (C=O) groups is 2. The summed E-state index contributed by atoms with van der Waals surface area (Å²) in [6.07, 6.45) is 0. The molecule has 186 valence electrons. The molecular weight excluding hydrogens is 498 g/mol. The Kier molecular flexibility index (Phi) is 7.53. The second-order valence-electron chi connectivity index (χ2n) is 7.80. The van der Waals surface area contributed by atoms with E-state index < -0.39 is 40.1 Å². The SMILES string of the molecule is O=C(Nc1cc(NC(=O)c2cccc(F)c2C2COCCN2)ccc1F)c1cc(Cl)ccc1[N+](=O)[O-]. The first-order valence-electron chi connectivity index (χ1n) is 10.7. The van der Waals surface area contributed by atoms with Crippen molar-refractivity contribution in [3.8, 4) is 0 Å². The molecule has 0 aromatic heterocycles. The zero-order chi connectivity index (χ0) is 25.8. The Balaban J connectivity index is 1.58. The number of nitrogens with one attached hydrogen (secondary N) is 3. The van der Waals surface area contributed by atoms with Crippen LogP contribution in [0.15, 0.2) is 54.6 Å². The molecule has 1 fully saturated rings. The Hall–Kier alpha value is -3.93. The third-order valence-corrected chi connectivity index (χ3v) is 5.68. The fourth-order valence-corrected chi connectivity index (χ4v) is 3.95. The number of nitrogens with zero attached hydrogens (tertiary/aromatic N) is 1. The van der Waals surface area contributed by atoms with Crippen molar-refractivity contribution in [1.82, 2.24) is 5.32 Å². The number of halogens is 3. The summed E-state index contributed by atoms with van der Waals surface area (Å²) in [5.41, 5.74) is -0.927. The Morgan fingerprint density at radius 1 is 1.03 bits per heavy atom. The summed E-state index contributed by atoms with van der Waals surface area (Å²) in [6, 6.07) is 10.4. The van der Waals surface area contributed by atoms with Gasteiger partial charge in [0.15, 0.2) is 0 Å². The molecule has 1 unspecified atom stereocenters. The summed E-state index contributed by atoms with van der Waals surface area (Å²) in [5, 5.41) is 19.3. The number of hydrogen-bond donors (Lipinski definition) is 3. The molecule has 1 aliphatic heterocycles. The third-order valence-electron chi connectivity index (χ3n) is 5.44. The maximum absolute atomic E-state index is 14.6. The van der Waals surface area contributed by atoms with Crippen molar-refractivity contribution < 1.29 is 28.0 Å². The minimum Gasteiger partial charge on any atom is -0.378 e. The van der Waals surface area contributed by atoms with Crippen LogP contribution in [0.4, 0.5) is 25.8 Å². The minimum absolute atomic E-state index is 0.0578. The van der Waals surface area contributed by atoms with E-state index in [4.69, 9.17) is 16.3 Å². The lowest BCUT2D eigenvalue weighted by molar-refractivity contribution is -0.385. The van der Waals surface area contributed by atoms with Gasteiger partial charge in [0, 0.05) is 34.4 Å². The molecule has 0 aliphatic carbocycles. The van der Waals surface area contributed by atoms with Gasteiger partial charge in [-0.2, -0.15) is 0 Å². The molecule has 3 aromatic carbocycles. The highest BCUT2D eigenvalue weighted by atomic mass is 35.5. The van der Waals surface area contributed by atoms with Crippen LogP contribution < -0.4 is 16.0 Å². The van der Waals surface area contributed by atoms with Crippen molar-refractivity contribution in [3.63, 3.8) is 0 Å². The van der Waals surface area contributed by atoms with Crippen molar-refractivity contribution >= 4 is 40.5 Å². The fraction of sp³-hybridized carbons (Fsp3) is 0.167. The lowest BCUT2D eigenvalue weighted by atomic mass is 9.98. The first kappa shape index (κ1) is 25.2. The van der Waals surface area contributed by atoms with E-state index in [0.29, 0.717) is 13.2 Å². The summed E-state index contributed by atoms with van der Waals surface area (Å²) >= 11 is 5.86. The van der Waals surface area contributed by atoms with Gasteiger partial charge in [0.05, 0.1) is 29.9 Å². The normalized spacial score (nSPS) is 15.2. The van der Waals surface area contributed by atoms with Gasteiger partial charge in [0.25, 0.3) is 17.5 Å². The molecule has 0 bridgehead atoms. The maximum atomic E-state index is 14.6. The van der Waals surface area contributed by atoms with Gasteiger partial charge in [0.1, 0.15) is 17.2 Å². The highest BCUT2D eigenvalue weighted by Crippen LogP contribution is 2.28. The van der Waals surface area contributed by atoms with Crippen LogP contribution in [0, 0.1) is 21.7 Å². The number of hydrogen-bond acceptors (Lipinski definition) is 6. The van der Waals surface area contributed by atoms with Crippen molar-refractivity contribution in [2.75, 3.05) is 30.4 Å². The summed E-state index contributed by atoms with van der Waals surface area (Å²) in [6.45, 7) is 1.14. The van der Waals surface area contributed by atoms with Gasteiger partial charge in [-0.15, -0.1) is 0 Å². The predicted molar refractivity (Wildman–Crippen MR) is 128 cm³/mol. The van der Waals surface area contributed by atoms with Gasteiger partial charge in [-0.05, 0) is 42.5 Å². The molecular formula is C24H19ClF2N4O5. The fourth-order valence-electron chi connectivity index (χ4n) is 3.78. The lowest BCUT2D eigenvalue weighted by Crippen LogP contribution is -2.36. The van der Waals surface area contributed by atoms with E-state index in [2.05, 4.69) is 16.0 Å². The third kappa shape index (κ3) is 5.48. The molecule has 0 spiro atoms. The molecule has 1 saturated heterocycles. The van der Waals surface area contributed by atoms with E-state index in [-0.39, 0.29) is 39.7 Å². The predicted octanol–water partition coefficient (Wildman–Crippen LogP) is 4.69. The van der Waals surface area contributed by atoms with Crippen LogP contribution in [0.3, 0.4) is 0 Å². The highest BCUT2D eigenvalue weighted by Gasteiger charge is 2.26. The second-order valence-corrected chi connectivity index (χ2v) is 8.24. The van der Waals surface area contributed by atoms with Gasteiger partial charge >= 0.3 is 0 Å². The van der Waals surface area contributed by atoms with Gasteiger partial charge in [-0.1, -0.05) is 17.7 Å². The first-order valence-corrected chi connectivity index (χ1v) is 11.1. The van der Waals surface area contributed by atoms with E-state index in [9.17, 15) is 28.5 Å². The van der Waals surface area contributed by atoms with Crippen LogP contribution in [0.5, 0.6) is 0 Å². The number of amides is 2. The highest BCUT2D eigenvalue weighted by molar-refractivity contribution is 6.31. The zero-order valence-electron chi connectivity index (χ0n) is 18.5. The number of rotatable bonds is 6. The number of morpholine rings is 1. The molecule has 1 heterocycles. The van der Waals surface area contributed by atoms with Gasteiger partial charge in [-0.3, -0.25) is 19.7 Å². The molecule has 12 heteroatoms. The second kappa shape index (κ2) is 10.8. The van der Waals surface area contributed by atoms with Crippen molar-refractivity contribution in [3.05, 3.63) is 98.1 Å². The number of benzene rings is 3. The number of carbonyl (C=O) groups excluding carboxylic acids is 2. The topological polar surface area (TPSA) is 123 Å². The lowest BCUT2D eigenvalue weighted by Gasteiger charge is -2.26. The average Bonchev–Trinajstić information content (AvgIpc) is 2.86. The van der Waals surface area contributed by atoms with Gasteiger partial charge < -0.3 is 20.7 Å². The van der Waals surface area contributed by atoms with Crippen molar-refractivity contribution in [1.29, 1.82) is 0 Å². The first-order chi connectivity index (χ1) is 17.2. The number of anilines is 2. The van der Waals surface area contributed by atoms with E-state index in [1.54, 1.807) is 0 Å². The zero-order valence-corrected chi connectivity index (χ0v) is 19.3. The molecule has 36 heavy (non-hydrogen) atoms. The minimum atomic E-state index is -0.970. The molecule has 0 radical (unpaired) electrons. The Bertz CT molecular complexity index is 1350. The Labute approximate surface area is 208 Å². The molecule has 0 saturated carbocycles. The molecule has 2 amide bonds. The van der Waals surface area contributed by atoms with E-state index in [1.165, 1.54) is 30.3 Å². The summed E-state index contributed by atoms with van der Waals surface area (Å²) in [7, 11) is 0. The number of ether oxygens (including phenoxy) is 1. The van der Waals surface area contributed by atoms with Crippen molar-refractivity contribution in [2.24, 2.45) is 0 Å². The summed E-state index contributed by atoms with van der Waals surface area (Å²) < 4.78 is 34.5. The molecule has 1 aliphatic rings. The van der Waals surface area contributed by atoms with E-state index >= 15 is 0 Å². The van der Waals surface area contributed by atoms with Gasteiger partial charge in [0.2, 0.25) is 0 Å². The standard InChI is InChI=1S/C24H19ClF2N4O5/c25-13-4-7-21(31(34)35)16(10-13)24(33)30-19-11-14(5-6-17(19)26)29-23(32)15-2-1-3-18(27)22(15)20-12-36-9-8-28-20/h1-7,10-11,20,28H,8-9,12H2,(H,29,32)(H,30,33). The molecule has 9 nitrogen and oxygen atoms in total. The van der Waals surface area contributed by atoms with Crippen LogP contribution >= 0.6 is 11.6 Å². The number of nitro groups is 1. The van der Waals surface area contributed by atoms with Crippen LogP contribution in [0.2, 0.25) is 5.02 Å². The smallest absolute Gasteiger partial charge is 0.282 e.